The normalized spacial score (nSPS) is 12.4. The number of ether oxygens (including phenoxy) is 1. The molecule has 0 unspecified atom stereocenters. The maximum atomic E-state index is 14.6. The van der Waals surface area contributed by atoms with E-state index in [2.05, 4.69) is 57.5 Å². The molecule has 0 amide bonds. The number of fused-ring (bicyclic) bond motifs is 1. The maximum Gasteiger partial charge on any atom is 0.163 e. The molecule has 0 saturated carbocycles. The Balaban J connectivity index is 1.49. The van der Waals surface area contributed by atoms with Gasteiger partial charge in [0.1, 0.15) is 23.9 Å². The Labute approximate surface area is 212 Å². The molecule has 0 N–H and O–H groups in total. The van der Waals surface area contributed by atoms with Crippen LogP contribution >= 0.6 is 0 Å². The van der Waals surface area contributed by atoms with Crippen molar-refractivity contribution in [2.24, 2.45) is 0 Å². The molecule has 0 radical (unpaired) electrons. The number of pyridine rings is 1. The lowest BCUT2D eigenvalue weighted by atomic mass is 10.0. The molecule has 0 atom stereocenters. The highest BCUT2D eigenvalue weighted by Crippen LogP contribution is 2.28. The molecule has 5 heteroatoms. The van der Waals surface area contributed by atoms with Gasteiger partial charge in [-0.1, -0.05) is 67.3 Å². The van der Waals surface area contributed by atoms with Crippen molar-refractivity contribution in [3.8, 4) is 28.3 Å². The Morgan fingerprint density at radius 1 is 0.944 bits per heavy atom. The third kappa shape index (κ3) is 5.87. The van der Waals surface area contributed by atoms with Gasteiger partial charge in [-0.2, -0.15) is 0 Å². The van der Waals surface area contributed by atoms with Gasteiger partial charge in [-0.05, 0) is 61.2 Å². The average Bonchev–Trinajstić information content (AvgIpc) is 3.31. The van der Waals surface area contributed by atoms with E-state index in [-0.39, 0.29) is 0 Å². The standard InChI is InChI=1S/C31H30FN3O/c1-5-7-19-36-26-15-13-25(14-16-26)24-11-9-23(10-12-24)20-35-18-17-28-29(21-35)34-31(33-28)27(8-6-2)30(32)22(3)4/h5-18,21H,3,19-20H2,1-2,4H3/b7-5+,8-6-,30-27-. The summed E-state index contributed by atoms with van der Waals surface area (Å²) in [4.78, 5) is 9.11. The van der Waals surface area contributed by atoms with Crippen LogP contribution in [0.4, 0.5) is 4.39 Å². The quantitative estimate of drug-likeness (QED) is 0.181. The van der Waals surface area contributed by atoms with Crippen molar-refractivity contribution >= 4 is 5.57 Å². The van der Waals surface area contributed by atoms with Crippen LogP contribution in [0.15, 0.2) is 109 Å². The monoisotopic (exact) mass is 479 g/mol. The van der Waals surface area contributed by atoms with E-state index < -0.39 is 5.83 Å². The number of nitrogens with zero attached hydrogens (tertiary/aromatic N) is 3. The zero-order valence-corrected chi connectivity index (χ0v) is 20.9. The lowest BCUT2D eigenvalue weighted by Gasteiger charge is -2.10. The molecule has 4 nitrogen and oxygen atoms in total. The van der Waals surface area contributed by atoms with E-state index >= 15 is 0 Å². The zero-order valence-electron chi connectivity index (χ0n) is 20.9. The summed E-state index contributed by atoms with van der Waals surface area (Å²) < 4.78 is 22.4. The van der Waals surface area contributed by atoms with E-state index in [0.717, 1.165) is 33.8 Å². The number of hydrogen-bond donors (Lipinski definition) is 0. The van der Waals surface area contributed by atoms with Gasteiger partial charge in [0.25, 0.3) is 0 Å². The van der Waals surface area contributed by atoms with Gasteiger partial charge in [0, 0.05) is 18.9 Å². The molecule has 2 aromatic rings. The molecular formula is C31H30FN3O. The van der Waals surface area contributed by atoms with Gasteiger partial charge >= 0.3 is 0 Å². The zero-order chi connectivity index (χ0) is 25.5. The average molecular weight is 480 g/mol. The molecule has 2 aliphatic rings. The van der Waals surface area contributed by atoms with Crippen LogP contribution in [0, 0.1) is 0 Å². The third-order valence-electron chi connectivity index (χ3n) is 5.70. The van der Waals surface area contributed by atoms with Gasteiger partial charge in [0.15, 0.2) is 5.82 Å². The van der Waals surface area contributed by atoms with E-state index in [9.17, 15) is 4.39 Å². The lowest BCUT2D eigenvalue weighted by molar-refractivity contribution is 0.363. The van der Waals surface area contributed by atoms with Crippen LogP contribution in [-0.2, 0) is 6.54 Å². The Hall–Kier alpha value is -4.25. The molecule has 2 heterocycles. The summed E-state index contributed by atoms with van der Waals surface area (Å²) in [6.45, 7) is 10.4. The summed E-state index contributed by atoms with van der Waals surface area (Å²) in [6.07, 6.45) is 11.3. The van der Waals surface area contributed by atoms with Crippen molar-refractivity contribution in [3.05, 3.63) is 121 Å². The van der Waals surface area contributed by atoms with Gasteiger partial charge < -0.3 is 9.30 Å². The number of halogens is 1. The van der Waals surface area contributed by atoms with Crippen molar-refractivity contribution in [2.45, 2.75) is 27.3 Å². The first-order valence-electron chi connectivity index (χ1n) is 11.9. The van der Waals surface area contributed by atoms with Gasteiger partial charge in [-0.3, -0.25) is 0 Å². The molecule has 2 aliphatic heterocycles. The second-order valence-electron chi connectivity index (χ2n) is 8.54. The summed E-state index contributed by atoms with van der Waals surface area (Å²) in [5.74, 6) is 0.825. The highest BCUT2D eigenvalue weighted by molar-refractivity contribution is 5.76. The van der Waals surface area contributed by atoms with Gasteiger partial charge in [-0.25, -0.2) is 14.4 Å². The highest BCUT2D eigenvalue weighted by atomic mass is 19.1. The molecule has 36 heavy (non-hydrogen) atoms. The van der Waals surface area contributed by atoms with Crippen LogP contribution in [0.1, 0.15) is 32.2 Å². The summed E-state index contributed by atoms with van der Waals surface area (Å²) in [7, 11) is 0. The molecule has 0 spiro atoms. The molecule has 0 aromatic heterocycles. The van der Waals surface area contributed by atoms with Gasteiger partial charge in [0.05, 0.1) is 11.3 Å². The first kappa shape index (κ1) is 24.9. The molecule has 0 aliphatic carbocycles. The number of aromatic nitrogens is 3. The Morgan fingerprint density at radius 3 is 2.25 bits per heavy atom. The van der Waals surface area contributed by atoms with Crippen molar-refractivity contribution in [2.75, 3.05) is 6.61 Å². The third-order valence-corrected chi connectivity index (χ3v) is 5.70. The van der Waals surface area contributed by atoms with E-state index in [1.54, 1.807) is 19.1 Å². The van der Waals surface area contributed by atoms with Crippen LogP contribution in [-0.4, -0.2) is 21.1 Å². The largest absolute Gasteiger partial charge is 0.490 e. The molecule has 4 rings (SSSR count). The van der Waals surface area contributed by atoms with E-state index in [1.807, 2.05) is 56.6 Å². The topological polar surface area (TPSA) is 39.9 Å². The number of hydrogen-bond acceptors (Lipinski definition) is 3. The van der Waals surface area contributed by atoms with Crippen LogP contribution in [0.25, 0.3) is 28.1 Å². The van der Waals surface area contributed by atoms with Crippen LogP contribution < -0.4 is 4.74 Å². The predicted molar refractivity (Wildman–Crippen MR) is 146 cm³/mol. The van der Waals surface area contributed by atoms with Gasteiger partial charge in [0.2, 0.25) is 0 Å². The number of allylic oxidation sites excluding steroid dienone is 6. The minimum Gasteiger partial charge on any atom is -0.490 e. The molecule has 2 aromatic carbocycles. The maximum absolute atomic E-state index is 14.6. The van der Waals surface area contributed by atoms with Crippen molar-refractivity contribution in [1.29, 1.82) is 0 Å². The fourth-order valence-corrected chi connectivity index (χ4v) is 3.81. The van der Waals surface area contributed by atoms with Crippen LogP contribution in [0.5, 0.6) is 5.75 Å². The van der Waals surface area contributed by atoms with Crippen molar-refractivity contribution < 1.29 is 9.13 Å². The summed E-state index contributed by atoms with van der Waals surface area (Å²) in [5.41, 5.74) is 5.60. The summed E-state index contributed by atoms with van der Waals surface area (Å²) in [5, 5.41) is 0. The molecule has 0 saturated heterocycles. The van der Waals surface area contributed by atoms with Crippen LogP contribution in [0.2, 0.25) is 0 Å². The Morgan fingerprint density at radius 2 is 1.61 bits per heavy atom. The minimum atomic E-state index is -0.396. The van der Waals surface area contributed by atoms with Gasteiger partial charge in [-0.15, -0.1) is 0 Å². The molecule has 0 bridgehead atoms. The fourth-order valence-electron chi connectivity index (χ4n) is 3.81. The summed E-state index contributed by atoms with van der Waals surface area (Å²) >= 11 is 0. The first-order valence-corrected chi connectivity index (χ1v) is 11.9. The van der Waals surface area contributed by atoms with E-state index in [1.165, 1.54) is 0 Å². The molecular weight excluding hydrogens is 449 g/mol. The first-order chi connectivity index (χ1) is 17.5. The predicted octanol–water partition coefficient (Wildman–Crippen LogP) is 7.89. The lowest BCUT2D eigenvalue weighted by Crippen LogP contribution is -2.00. The smallest absolute Gasteiger partial charge is 0.163 e. The number of benzene rings is 2. The SMILES string of the molecule is C=C(C)/C(F)=C(\C=C/C)c1nc2ccn(Cc3ccc(-c4ccc(OC/C=C/C)cc4)cc3)cc-2n1. The van der Waals surface area contributed by atoms with Crippen molar-refractivity contribution in [3.63, 3.8) is 0 Å². The summed E-state index contributed by atoms with van der Waals surface area (Å²) in [6, 6.07) is 18.5. The second-order valence-corrected chi connectivity index (χ2v) is 8.54. The Kier molecular flexibility index (Phi) is 7.91. The van der Waals surface area contributed by atoms with E-state index in [4.69, 9.17) is 4.74 Å². The van der Waals surface area contributed by atoms with Crippen LogP contribution in [0.3, 0.4) is 0 Å². The fraction of sp³-hybridized carbons (Fsp3) is 0.161. The second kappa shape index (κ2) is 11.5. The van der Waals surface area contributed by atoms with Crippen molar-refractivity contribution in [1.82, 2.24) is 14.5 Å². The number of imidazole rings is 1. The number of rotatable bonds is 9. The molecule has 0 fully saturated rings. The minimum absolute atomic E-state index is 0.348. The highest BCUT2D eigenvalue weighted by Gasteiger charge is 2.17. The molecule has 182 valence electrons. The Bertz CT molecular complexity index is 1390. The van der Waals surface area contributed by atoms with E-state index in [0.29, 0.717) is 30.1 Å².